The maximum Gasteiger partial charge on any atom is 0.240 e. The first-order valence-electron chi connectivity index (χ1n) is 7.53. The van der Waals surface area contributed by atoms with Crippen molar-refractivity contribution >= 4 is 10.0 Å². The van der Waals surface area contributed by atoms with Gasteiger partial charge in [0, 0.05) is 11.6 Å². The van der Waals surface area contributed by atoms with Gasteiger partial charge >= 0.3 is 0 Å². The summed E-state index contributed by atoms with van der Waals surface area (Å²) in [6.45, 7) is 3.68. The van der Waals surface area contributed by atoms with E-state index >= 15 is 0 Å². The summed E-state index contributed by atoms with van der Waals surface area (Å²) in [6, 6.07) is 7.00. The summed E-state index contributed by atoms with van der Waals surface area (Å²) in [6.07, 6.45) is 4.02. The summed E-state index contributed by atoms with van der Waals surface area (Å²) >= 11 is 0. The van der Waals surface area contributed by atoms with Crippen molar-refractivity contribution in [2.24, 2.45) is 0 Å². The third-order valence-corrected chi connectivity index (χ3v) is 5.66. The molecule has 1 N–H and O–H groups in total. The van der Waals surface area contributed by atoms with Crippen molar-refractivity contribution in [2.75, 3.05) is 0 Å². The van der Waals surface area contributed by atoms with Gasteiger partial charge in [0.25, 0.3) is 0 Å². The topological polar surface area (TPSA) is 72.2 Å². The molecule has 1 aromatic heterocycles. The Morgan fingerprint density at radius 2 is 1.95 bits per heavy atom. The molecule has 1 aliphatic carbocycles. The molecule has 1 aromatic carbocycles. The molecule has 0 unspecified atom stereocenters. The third kappa shape index (κ3) is 2.94. The fourth-order valence-corrected chi connectivity index (χ4v) is 4.40. The lowest BCUT2D eigenvalue weighted by molar-refractivity contribution is 0.393. The Morgan fingerprint density at radius 1 is 1.23 bits per heavy atom. The van der Waals surface area contributed by atoms with Gasteiger partial charge in [0.1, 0.15) is 5.76 Å². The summed E-state index contributed by atoms with van der Waals surface area (Å²) < 4.78 is 33.0. The molecule has 0 spiro atoms. The predicted molar refractivity (Wildman–Crippen MR) is 84.0 cm³/mol. The second-order valence-corrected chi connectivity index (χ2v) is 7.54. The number of nitrogens with zero attached hydrogens (tertiary/aromatic N) is 1. The van der Waals surface area contributed by atoms with Gasteiger partial charge < -0.3 is 4.52 Å². The normalized spacial score (nSPS) is 16.3. The molecular formula is C16H20N2O3S. The van der Waals surface area contributed by atoms with E-state index in [0.29, 0.717) is 5.76 Å². The lowest BCUT2D eigenvalue weighted by Gasteiger charge is -2.13. The second-order valence-electron chi connectivity index (χ2n) is 5.83. The van der Waals surface area contributed by atoms with Crippen molar-refractivity contribution in [2.45, 2.75) is 50.5 Å². The number of nitrogens with one attached hydrogen (secondary N) is 1. The van der Waals surface area contributed by atoms with Gasteiger partial charge in [-0.05, 0) is 44.4 Å². The predicted octanol–water partition coefficient (Wildman–Crippen LogP) is 3.18. The Labute approximate surface area is 130 Å². The van der Waals surface area contributed by atoms with Gasteiger partial charge in [-0.15, -0.1) is 0 Å². The Morgan fingerprint density at radius 3 is 2.59 bits per heavy atom. The Bertz CT molecular complexity index is 755. The number of rotatable bonds is 4. The van der Waals surface area contributed by atoms with Gasteiger partial charge in [-0.2, -0.15) is 0 Å². The summed E-state index contributed by atoms with van der Waals surface area (Å²) in [5, 5.41) is 3.93. The van der Waals surface area contributed by atoms with Crippen LogP contribution in [0.15, 0.2) is 33.7 Å². The van der Waals surface area contributed by atoms with E-state index in [4.69, 9.17) is 4.52 Å². The number of aryl methyl sites for hydroxylation is 2. The van der Waals surface area contributed by atoms with E-state index in [2.05, 4.69) is 9.88 Å². The van der Waals surface area contributed by atoms with Crippen LogP contribution in [0, 0.1) is 13.8 Å². The van der Waals surface area contributed by atoms with E-state index in [1.807, 2.05) is 19.9 Å². The fraction of sp³-hybridized carbons (Fsp3) is 0.438. The zero-order valence-corrected chi connectivity index (χ0v) is 13.6. The number of aromatic nitrogens is 1. The van der Waals surface area contributed by atoms with Crippen LogP contribution >= 0.6 is 0 Å². The lowest BCUT2D eigenvalue weighted by Crippen LogP contribution is -2.32. The summed E-state index contributed by atoms with van der Waals surface area (Å²) in [5.41, 5.74) is 2.43. The van der Waals surface area contributed by atoms with Crippen molar-refractivity contribution in [3.8, 4) is 11.1 Å². The highest BCUT2D eigenvalue weighted by Crippen LogP contribution is 2.29. The van der Waals surface area contributed by atoms with Gasteiger partial charge in [-0.25, -0.2) is 13.1 Å². The molecule has 5 nitrogen and oxygen atoms in total. The van der Waals surface area contributed by atoms with Crippen molar-refractivity contribution < 1.29 is 12.9 Å². The average Bonchev–Trinajstić information content (AvgIpc) is 3.09. The zero-order chi connectivity index (χ0) is 15.7. The minimum atomic E-state index is -3.48. The van der Waals surface area contributed by atoms with Crippen LogP contribution in [0.4, 0.5) is 0 Å². The standard InChI is InChI=1S/C16H20N2O3S/c1-11-16(12(2)21-17-11)13-6-5-9-15(10-13)22(19,20)18-14-7-3-4-8-14/h5-6,9-10,14,18H,3-4,7-8H2,1-2H3. The molecular weight excluding hydrogens is 300 g/mol. The van der Waals surface area contributed by atoms with Gasteiger partial charge in [0.05, 0.1) is 10.6 Å². The molecule has 1 saturated carbocycles. The van der Waals surface area contributed by atoms with Gasteiger partial charge in [-0.1, -0.05) is 30.1 Å². The van der Waals surface area contributed by atoms with Crippen molar-refractivity contribution in [3.63, 3.8) is 0 Å². The van der Waals surface area contributed by atoms with E-state index in [9.17, 15) is 8.42 Å². The lowest BCUT2D eigenvalue weighted by atomic mass is 10.0. The third-order valence-electron chi connectivity index (χ3n) is 4.14. The van der Waals surface area contributed by atoms with Crippen LogP contribution in [0.5, 0.6) is 0 Å². The molecule has 22 heavy (non-hydrogen) atoms. The fourth-order valence-electron chi connectivity index (χ4n) is 3.05. The van der Waals surface area contributed by atoms with E-state index < -0.39 is 10.0 Å². The summed E-state index contributed by atoms with van der Waals surface area (Å²) in [4.78, 5) is 0.289. The molecule has 1 heterocycles. The van der Waals surface area contributed by atoms with Crippen LogP contribution in [0.1, 0.15) is 37.1 Å². The molecule has 1 aliphatic rings. The van der Waals surface area contributed by atoms with Gasteiger partial charge in [-0.3, -0.25) is 0 Å². The molecule has 0 saturated heterocycles. The van der Waals surface area contributed by atoms with Crippen LogP contribution < -0.4 is 4.72 Å². The van der Waals surface area contributed by atoms with Crippen LogP contribution in [0.25, 0.3) is 11.1 Å². The number of hydrogen-bond donors (Lipinski definition) is 1. The highest BCUT2D eigenvalue weighted by atomic mass is 32.2. The molecule has 1 fully saturated rings. The molecule has 0 atom stereocenters. The molecule has 0 aliphatic heterocycles. The number of benzene rings is 1. The van der Waals surface area contributed by atoms with E-state index in [1.54, 1.807) is 18.2 Å². The highest BCUT2D eigenvalue weighted by Gasteiger charge is 2.23. The van der Waals surface area contributed by atoms with E-state index in [-0.39, 0.29) is 10.9 Å². The highest BCUT2D eigenvalue weighted by molar-refractivity contribution is 7.89. The largest absolute Gasteiger partial charge is 0.361 e. The van der Waals surface area contributed by atoms with Crippen LogP contribution in [0.2, 0.25) is 0 Å². The van der Waals surface area contributed by atoms with Crippen molar-refractivity contribution in [3.05, 3.63) is 35.7 Å². The summed E-state index contributed by atoms with van der Waals surface area (Å²) in [7, 11) is -3.48. The van der Waals surface area contributed by atoms with Crippen LogP contribution in [-0.2, 0) is 10.0 Å². The Hall–Kier alpha value is -1.66. The van der Waals surface area contributed by atoms with Crippen molar-refractivity contribution in [1.29, 1.82) is 0 Å². The maximum atomic E-state index is 12.5. The van der Waals surface area contributed by atoms with E-state index in [1.165, 1.54) is 0 Å². The van der Waals surface area contributed by atoms with Gasteiger partial charge in [0.2, 0.25) is 10.0 Å². The monoisotopic (exact) mass is 320 g/mol. The molecule has 3 rings (SSSR count). The first kappa shape index (κ1) is 15.2. The zero-order valence-electron chi connectivity index (χ0n) is 12.8. The smallest absolute Gasteiger partial charge is 0.240 e. The molecule has 118 valence electrons. The Balaban J connectivity index is 1.94. The SMILES string of the molecule is Cc1noc(C)c1-c1cccc(S(=O)(=O)NC2CCCC2)c1. The maximum absolute atomic E-state index is 12.5. The molecule has 0 bridgehead atoms. The first-order valence-corrected chi connectivity index (χ1v) is 9.01. The Kier molecular flexibility index (Phi) is 4.06. The van der Waals surface area contributed by atoms with Crippen LogP contribution in [-0.4, -0.2) is 19.6 Å². The van der Waals surface area contributed by atoms with Gasteiger partial charge in [0.15, 0.2) is 0 Å². The molecule has 0 radical (unpaired) electrons. The first-order chi connectivity index (χ1) is 10.5. The van der Waals surface area contributed by atoms with E-state index in [0.717, 1.165) is 42.5 Å². The quantitative estimate of drug-likeness (QED) is 0.939. The minimum absolute atomic E-state index is 0.0627. The minimum Gasteiger partial charge on any atom is -0.361 e. The molecule has 0 amide bonds. The second kappa shape index (κ2) is 5.85. The average molecular weight is 320 g/mol. The van der Waals surface area contributed by atoms with Crippen LogP contribution in [0.3, 0.4) is 0 Å². The number of sulfonamides is 1. The molecule has 6 heteroatoms. The molecule has 2 aromatic rings. The van der Waals surface area contributed by atoms with Crippen molar-refractivity contribution in [1.82, 2.24) is 9.88 Å². The number of hydrogen-bond acceptors (Lipinski definition) is 4. The summed E-state index contributed by atoms with van der Waals surface area (Å²) in [5.74, 6) is 0.691.